The molecule has 1 amide bonds. The van der Waals surface area contributed by atoms with E-state index in [2.05, 4.69) is 36.5 Å². The third-order valence-electron chi connectivity index (χ3n) is 4.47. The Kier molecular flexibility index (Phi) is 6.21. The molecule has 0 bridgehead atoms. The lowest BCUT2D eigenvalue weighted by atomic mass is 10.1. The number of thiophene rings is 1. The lowest BCUT2D eigenvalue weighted by Crippen LogP contribution is -2.25. The molecule has 4 rings (SSSR count). The molecule has 2 aromatic heterocycles. The van der Waals surface area contributed by atoms with Crippen LogP contribution in [0.25, 0.3) is 10.6 Å². The average Bonchev–Trinajstić information content (AvgIpc) is 3.25. The van der Waals surface area contributed by atoms with Gasteiger partial charge in [-0.2, -0.15) is 0 Å². The fraction of sp³-hybridized carbons (Fsp3) is 0.0870. The normalized spacial score (nSPS) is 11.7. The smallest absolute Gasteiger partial charge is 0.261 e. The number of aromatic nitrogens is 2. The van der Waals surface area contributed by atoms with Crippen molar-refractivity contribution < 1.29 is 4.79 Å². The van der Waals surface area contributed by atoms with E-state index in [0.717, 1.165) is 26.3 Å². The first kappa shape index (κ1) is 20.3. The number of anilines is 2. The van der Waals surface area contributed by atoms with Crippen LogP contribution in [0.15, 0.2) is 83.5 Å². The molecular formula is C23H19BrN4OS. The average molecular weight is 479 g/mol. The Morgan fingerprint density at radius 2 is 1.87 bits per heavy atom. The monoisotopic (exact) mass is 478 g/mol. The largest absolute Gasteiger partial charge is 0.345 e. The topological polar surface area (TPSA) is 66.9 Å². The number of nitrogens with one attached hydrogen (secondary N) is 2. The quantitative estimate of drug-likeness (QED) is 0.346. The van der Waals surface area contributed by atoms with Crippen LogP contribution in [0.2, 0.25) is 0 Å². The van der Waals surface area contributed by atoms with Gasteiger partial charge in [0, 0.05) is 16.4 Å². The second kappa shape index (κ2) is 9.19. The Balaban J connectivity index is 1.47. The van der Waals surface area contributed by atoms with Crippen LogP contribution in [0.3, 0.4) is 0 Å². The molecule has 4 aromatic rings. The van der Waals surface area contributed by atoms with Gasteiger partial charge in [-0.05, 0) is 48.9 Å². The fourth-order valence-electron chi connectivity index (χ4n) is 2.94. The van der Waals surface area contributed by atoms with Crippen LogP contribution in [0.5, 0.6) is 0 Å². The van der Waals surface area contributed by atoms with E-state index in [0.29, 0.717) is 10.8 Å². The van der Waals surface area contributed by atoms with Gasteiger partial charge in [0.15, 0.2) is 0 Å². The van der Waals surface area contributed by atoms with Crippen molar-refractivity contribution in [1.29, 1.82) is 0 Å². The Labute approximate surface area is 187 Å². The standard InChI is InChI=1S/C23H19BrN4OS/c1-15(16-6-3-2-4-7-16)26-22(29)21-11-10-20(30-21)19-12-13-25-23(28-19)27-18-9-5-8-17(24)14-18/h2-15H,1H3,(H,26,29)(H,25,27,28)/t15-/m1/s1. The molecule has 0 aliphatic carbocycles. The van der Waals surface area contributed by atoms with Crippen LogP contribution in [0, 0.1) is 0 Å². The van der Waals surface area contributed by atoms with Crippen LogP contribution in [0.1, 0.15) is 28.2 Å². The molecule has 0 saturated carbocycles. The molecule has 0 saturated heterocycles. The zero-order valence-electron chi connectivity index (χ0n) is 16.2. The highest BCUT2D eigenvalue weighted by Crippen LogP contribution is 2.28. The number of hydrogen-bond donors (Lipinski definition) is 2. The van der Waals surface area contributed by atoms with Crippen LogP contribution in [0.4, 0.5) is 11.6 Å². The molecule has 30 heavy (non-hydrogen) atoms. The summed E-state index contributed by atoms with van der Waals surface area (Å²) in [5, 5.41) is 6.25. The van der Waals surface area contributed by atoms with Gasteiger partial charge >= 0.3 is 0 Å². The van der Waals surface area contributed by atoms with Gasteiger partial charge in [-0.15, -0.1) is 11.3 Å². The summed E-state index contributed by atoms with van der Waals surface area (Å²) in [5.74, 6) is 0.409. The zero-order chi connectivity index (χ0) is 20.9. The second-order valence-corrected chi connectivity index (χ2v) is 8.67. The van der Waals surface area contributed by atoms with Crippen LogP contribution in [-0.2, 0) is 0 Å². The van der Waals surface area contributed by atoms with Gasteiger partial charge < -0.3 is 10.6 Å². The predicted molar refractivity (Wildman–Crippen MR) is 125 cm³/mol. The molecule has 2 aromatic carbocycles. The van der Waals surface area contributed by atoms with Crippen molar-refractivity contribution in [1.82, 2.24) is 15.3 Å². The van der Waals surface area contributed by atoms with Gasteiger partial charge in [-0.25, -0.2) is 9.97 Å². The summed E-state index contributed by atoms with van der Waals surface area (Å²) in [4.78, 5) is 23.1. The Hall–Kier alpha value is -3.03. The Bertz CT molecular complexity index is 1160. The van der Waals surface area contributed by atoms with E-state index in [-0.39, 0.29) is 11.9 Å². The molecule has 5 nitrogen and oxygen atoms in total. The van der Waals surface area contributed by atoms with Crippen molar-refractivity contribution in [3.05, 3.63) is 93.9 Å². The molecule has 2 N–H and O–H groups in total. The highest BCUT2D eigenvalue weighted by atomic mass is 79.9. The van der Waals surface area contributed by atoms with Crippen molar-refractivity contribution in [2.45, 2.75) is 13.0 Å². The third kappa shape index (κ3) is 4.93. The van der Waals surface area contributed by atoms with Crippen molar-refractivity contribution in [2.75, 3.05) is 5.32 Å². The number of carbonyl (C=O) groups is 1. The maximum absolute atomic E-state index is 12.7. The second-order valence-electron chi connectivity index (χ2n) is 6.67. The molecule has 0 aliphatic heterocycles. The predicted octanol–water partition coefficient (Wildman–Crippen LogP) is 6.20. The summed E-state index contributed by atoms with van der Waals surface area (Å²) in [6.07, 6.45) is 1.71. The molecule has 0 unspecified atom stereocenters. The minimum Gasteiger partial charge on any atom is -0.345 e. The number of halogens is 1. The molecule has 0 radical (unpaired) electrons. The van der Waals surface area contributed by atoms with Crippen molar-refractivity contribution in [3.63, 3.8) is 0 Å². The number of carbonyl (C=O) groups excluding carboxylic acids is 1. The molecular weight excluding hydrogens is 460 g/mol. The van der Waals surface area contributed by atoms with E-state index >= 15 is 0 Å². The summed E-state index contributed by atoms with van der Waals surface area (Å²) in [7, 11) is 0. The molecule has 0 aliphatic rings. The maximum atomic E-state index is 12.7. The summed E-state index contributed by atoms with van der Waals surface area (Å²) in [6, 6.07) is 23.2. The van der Waals surface area contributed by atoms with Gasteiger partial charge in [0.25, 0.3) is 5.91 Å². The summed E-state index contributed by atoms with van der Waals surface area (Å²) in [6.45, 7) is 1.98. The molecule has 7 heteroatoms. The maximum Gasteiger partial charge on any atom is 0.261 e. The Morgan fingerprint density at radius 1 is 1.03 bits per heavy atom. The van der Waals surface area contributed by atoms with Gasteiger partial charge in [0.05, 0.1) is 21.5 Å². The third-order valence-corrected chi connectivity index (χ3v) is 6.07. The van der Waals surface area contributed by atoms with Crippen LogP contribution >= 0.6 is 27.3 Å². The number of rotatable bonds is 6. The summed E-state index contributed by atoms with van der Waals surface area (Å²) >= 11 is 4.87. The lowest BCUT2D eigenvalue weighted by molar-refractivity contribution is 0.0944. The highest BCUT2D eigenvalue weighted by molar-refractivity contribution is 9.10. The van der Waals surface area contributed by atoms with Gasteiger partial charge in [0.2, 0.25) is 5.95 Å². The molecule has 1 atom stereocenters. The van der Waals surface area contributed by atoms with Gasteiger partial charge in [-0.3, -0.25) is 4.79 Å². The lowest BCUT2D eigenvalue weighted by Gasteiger charge is -2.13. The van der Waals surface area contributed by atoms with Crippen molar-refractivity contribution >= 4 is 44.8 Å². The van der Waals surface area contributed by atoms with Crippen molar-refractivity contribution in [2.24, 2.45) is 0 Å². The van der Waals surface area contributed by atoms with Gasteiger partial charge in [-0.1, -0.05) is 52.3 Å². The first-order valence-corrected chi connectivity index (χ1v) is 11.0. The first-order valence-electron chi connectivity index (χ1n) is 9.40. The first-order chi connectivity index (χ1) is 14.6. The van der Waals surface area contributed by atoms with Crippen molar-refractivity contribution in [3.8, 4) is 10.6 Å². The van der Waals surface area contributed by atoms with Gasteiger partial charge in [0.1, 0.15) is 0 Å². The van der Waals surface area contributed by atoms with E-state index in [4.69, 9.17) is 0 Å². The number of hydrogen-bond acceptors (Lipinski definition) is 5. The SMILES string of the molecule is C[C@@H](NC(=O)c1ccc(-c2ccnc(Nc3cccc(Br)c3)n2)s1)c1ccccc1. The van der Waals surface area contributed by atoms with Crippen LogP contribution < -0.4 is 10.6 Å². The zero-order valence-corrected chi connectivity index (χ0v) is 18.6. The number of benzene rings is 2. The molecule has 150 valence electrons. The van der Waals surface area contributed by atoms with Crippen LogP contribution in [-0.4, -0.2) is 15.9 Å². The van der Waals surface area contributed by atoms with E-state index in [1.54, 1.807) is 6.20 Å². The molecule has 2 heterocycles. The van der Waals surface area contributed by atoms with E-state index < -0.39 is 0 Å². The Morgan fingerprint density at radius 3 is 2.67 bits per heavy atom. The summed E-state index contributed by atoms with van der Waals surface area (Å²) in [5.41, 5.74) is 2.73. The number of nitrogens with zero attached hydrogens (tertiary/aromatic N) is 2. The summed E-state index contributed by atoms with van der Waals surface area (Å²) < 4.78 is 0.974. The highest BCUT2D eigenvalue weighted by Gasteiger charge is 2.15. The van der Waals surface area contributed by atoms with E-state index in [9.17, 15) is 4.79 Å². The molecule has 0 fully saturated rings. The minimum absolute atomic E-state index is 0.0655. The fourth-order valence-corrected chi connectivity index (χ4v) is 4.22. The van der Waals surface area contributed by atoms with E-state index in [1.165, 1.54) is 11.3 Å². The minimum atomic E-state index is -0.0934. The number of amides is 1. The molecule has 0 spiro atoms. The van der Waals surface area contributed by atoms with E-state index in [1.807, 2.05) is 79.7 Å².